The molecule has 0 spiro atoms. The van der Waals surface area contributed by atoms with E-state index in [0.29, 0.717) is 12.5 Å². The van der Waals surface area contributed by atoms with Crippen LogP contribution in [-0.2, 0) is 7.05 Å². The van der Waals surface area contributed by atoms with E-state index in [0.717, 1.165) is 17.8 Å². The zero-order valence-corrected chi connectivity index (χ0v) is 12.5. The molecule has 1 heterocycles. The minimum atomic E-state index is 0.488. The van der Waals surface area contributed by atoms with Crippen LogP contribution in [0.15, 0.2) is 18.3 Å². The molecule has 0 radical (unpaired) electrons. The van der Waals surface area contributed by atoms with Crippen LogP contribution in [0.5, 0.6) is 5.75 Å². The molecule has 0 unspecified atom stereocenters. The fourth-order valence-corrected chi connectivity index (χ4v) is 2.17. The number of fused-ring (bicyclic) bond motifs is 1. The Labute approximate surface area is 115 Å². The average molecular weight is 261 g/mol. The number of aryl methyl sites for hydroxylation is 1. The van der Waals surface area contributed by atoms with Gasteiger partial charge in [0.15, 0.2) is 0 Å². The summed E-state index contributed by atoms with van der Waals surface area (Å²) in [5.41, 5.74) is 2.29. The molecule has 1 aromatic carbocycles. The molecule has 0 atom stereocenters. The van der Waals surface area contributed by atoms with E-state index in [1.54, 1.807) is 0 Å². The van der Waals surface area contributed by atoms with Crippen molar-refractivity contribution in [3.63, 3.8) is 0 Å². The zero-order chi connectivity index (χ0) is 14.0. The monoisotopic (exact) mass is 261 g/mol. The fraction of sp³-hybridized carbons (Fsp3) is 0.533. The molecule has 0 saturated heterocycles. The van der Waals surface area contributed by atoms with Gasteiger partial charge in [0.1, 0.15) is 17.9 Å². The molecule has 0 amide bonds. The van der Waals surface area contributed by atoms with Gasteiger partial charge in [-0.05, 0) is 31.6 Å². The lowest BCUT2D eigenvalue weighted by Crippen LogP contribution is -2.19. The van der Waals surface area contributed by atoms with Crippen molar-refractivity contribution in [1.82, 2.24) is 14.7 Å². The predicted molar refractivity (Wildman–Crippen MR) is 78.9 cm³/mol. The molecule has 1 aromatic heterocycles. The van der Waals surface area contributed by atoms with Gasteiger partial charge in [-0.2, -0.15) is 5.10 Å². The van der Waals surface area contributed by atoms with E-state index in [1.165, 1.54) is 10.9 Å². The van der Waals surface area contributed by atoms with E-state index < -0.39 is 0 Å². The highest BCUT2D eigenvalue weighted by Crippen LogP contribution is 2.31. The third-order valence-electron chi connectivity index (χ3n) is 3.21. The highest BCUT2D eigenvalue weighted by atomic mass is 16.5. The zero-order valence-electron chi connectivity index (χ0n) is 12.5. The summed E-state index contributed by atoms with van der Waals surface area (Å²) in [6.07, 6.45) is 2.07. The van der Waals surface area contributed by atoms with Crippen molar-refractivity contribution in [2.24, 2.45) is 7.05 Å². The van der Waals surface area contributed by atoms with E-state index in [2.05, 4.69) is 36.1 Å². The number of hydrogen-bond donors (Lipinski definition) is 0. The Morgan fingerprint density at radius 2 is 2.05 bits per heavy atom. The highest BCUT2D eigenvalue weighted by molar-refractivity contribution is 5.87. The van der Waals surface area contributed by atoms with Gasteiger partial charge in [0, 0.05) is 25.2 Å². The molecular formula is C15H23N3O. The second-order valence-electron chi connectivity index (χ2n) is 5.52. The van der Waals surface area contributed by atoms with Crippen LogP contribution in [0, 0.1) is 0 Å². The van der Waals surface area contributed by atoms with Gasteiger partial charge in [-0.3, -0.25) is 4.68 Å². The van der Waals surface area contributed by atoms with Crippen molar-refractivity contribution >= 4 is 10.9 Å². The van der Waals surface area contributed by atoms with Gasteiger partial charge in [0.05, 0.1) is 0 Å². The minimum absolute atomic E-state index is 0.488. The Morgan fingerprint density at radius 3 is 2.68 bits per heavy atom. The van der Waals surface area contributed by atoms with E-state index in [1.807, 2.05) is 31.9 Å². The number of ether oxygens (including phenoxy) is 1. The lowest BCUT2D eigenvalue weighted by Gasteiger charge is -2.13. The lowest BCUT2D eigenvalue weighted by molar-refractivity contribution is 0.263. The molecule has 0 aliphatic carbocycles. The molecule has 104 valence electrons. The number of likely N-dealkylation sites (N-methyl/N-ethyl adjacent to an activating group) is 1. The van der Waals surface area contributed by atoms with E-state index in [9.17, 15) is 0 Å². The first kappa shape index (κ1) is 13.9. The number of rotatable bonds is 5. The van der Waals surface area contributed by atoms with Gasteiger partial charge in [0.25, 0.3) is 0 Å². The molecule has 0 aliphatic rings. The van der Waals surface area contributed by atoms with Gasteiger partial charge in [-0.1, -0.05) is 19.9 Å². The summed E-state index contributed by atoms with van der Waals surface area (Å²) < 4.78 is 7.72. The summed E-state index contributed by atoms with van der Waals surface area (Å²) in [7, 11) is 6.04. The first-order valence-corrected chi connectivity index (χ1v) is 6.73. The third-order valence-corrected chi connectivity index (χ3v) is 3.21. The first-order valence-electron chi connectivity index (χ1n) is 6.73. The van der Waals surface area contributed by atoms with Crippen LogP contribution in [0.25, 0.3) is 10.9 Å². The van der Waals surface area contributed by atoms with Gasteiger partial charge in [-0.25, -0.2) is 0 Å². The van der Waals surface area contributed by atoms with Crippen molar-refractivity contribution in [3.8, 4) is 5.75 Å². The molecule has 4 heteroatoms. The van der Waals surface area contributed by atoms with Crippen LogP contribution in [0.4, 0.5) is 0 Å². The van der Waals surface area contributed by atoms with E-state index >= 15 is 0 Å². The summed E-state index contributed by atoms with van der Waals surface area (Å²) >= 11 is 0. The SMILES string of the molecule is CC(C)c1ccc(OCCN(C)C)c2nn(C)cc12. The van der Waals surface area contributed by atoms with Crippen molar-refractivity contribution in [3.05, 3.63) is 23.9 Å². The maximum atomic E-state index is 5.86. The van der Waals surface area contributed by atoms with Crippen LogP contribution in [0.2, 0.25) is 0 Å². The van der Waals surface area contributed by atoms with Gasteiger partial charge in [-0.15, -0.1) is 0 Å². The maximum Gasteiger partial charge on any atom is 0.147 e. The molecule has 4 nitrogen and oxygen atoms in total. The first-order chi connectivity index (χ1) is 8.99. The third kappa shape index (κ3) is 3.07. The molecule has 0 fully saturated rings. The molecule has 2 rings (SSSR count). The molecule has 0 bridgehead atoms. The summed E-state index contributed by atoms with van der Waals surface area (Å²) in [5, 5.41) is 5.73. The summed E-state index contributed by atoms with van der Waals surface area (Å²) in [5.74, 6) is 1.37. The minimum Gasteiger partial charge on any atom is -0.490 e. The summed E-state index contributed by atoms with van der Waals surface area (Å²) in [6, 6.07) is 4.19. The number of benzene rings is 1. The number of hydrogen-bond acceptors (Lipinski definition) is 3. The van der Waals surface area contributed by atoms with Crippen LogP contribution in [0.3, 0.4) is 0 Å². The topological polar surface area (TPSA) is 30.3 Å². The fourth-order valence-electron chi connectivity index (χ4n) is 2.17. The van der Waals surface area contributed by atoms with Gasteiger partial charge in [0.2, 0.25) is 0 Å². The molecule has 2 aromatic rings. The van der Waals surface area contributed by atoms with Crippen molar-refractivity contribution in [2.45, 2.75) is 19.8 Å². The normalized spacial score (nSPS) is 11.7. The molecule has 0 aliphatic heterocycles. The van der Waals surface area contributed by atoms with Crippen molar-refractivity contribution in [1.29, 1.82) is 0 Å². The molecular weight excluding hydrogens is 238 g/mol. The van der Waals surface area contributed by atoms with E-state index in [4.69, 9.17) is 4.74 Å². The average Bonchev–Trinajstić information content (AvgIpc) is 2.69. The highest BCUT2D eigenvalue weighted by Gasteiger charge is 2.12. The predicted octanol–water partition coefficient (Wildman–Crippen LogP) is 2.64. The van der Waals surface area contributed by atoms with Crippen molar-refractivity contribution < 1.29 is 4.74 Å². The lowest BCUT2D eigenvalue weighted by atomic mass is 9.99. The molecule has 0 saturated carbocycles. The maximum absolute atomic E-state index is 5.86. The van der Waals surface area contributed by atoms with Crippen LogP contribution in [-0.4, -0.2) is 41.9 Å². The molecule has 19 heavy (non-hydrogen) atoms. The van der Waals surface area contributed by atoms with Crippen LogP contribution < -0.4 is 4.74 Å². The summed E-state index contributed by atoms with van der Waals surface area (Å²) in [6.45, 7) is 5.99. The number of nitrogens with zero attached hydrogens (tertiary/aromatic N) is 3. The van der Waals surface area contributed by atoms with Crippen LogP contribution in [0.1, 0.15) is 25.3 Å². The Bertz CT molecular complexity index is 558. The van der Waals surface area contributed by atoms with E-state index in [-0.39, 0.29) is 0 Å². The largest absolute Gasteiger partial charge is 0.490 e. The van der Waals surface area contributed by atoms with Gasteiger partial charge < -0.3 is 9.64 Å². The smallest absolute Gasteiger partial charge is 0.147 e. The Morgan fingerprint density at radius 1 is 1.32 bits per heavy atom. The second kappa shape index (κ2) is 5.61. The van der Waals surface area contributed by atoms with Crippen molar-refractivity contribution in [2.75, 3.05) is 27.2 Å². The van der Waals surface area contributed by atoms with Crippen LogP contribution >= 0.6 is 0 Å². The molecule has 0 N–H and O–H groups in total. The quantitative estimate of drug-likeness (QED) is 0.829. The number of aromatic nitrogens is 2. The summed E-state index contributed by atoms with van der Waals surface area (Å²) in [4.78, 5) is 2.11. The Hall–Kier alpha value is -1.55. The Kier molecular flexibility index (Phi) is 4.10. The van der Waals surface area contributed by atoms with Gasteiger partial charge >= 0.3 is 0 Å². The standard InChI is InChI=1S/C15H23N3O/c1-11(2)12-6-7-14(19-9-8-17(3)4)15-13(12)10-18(5)16-15/h6-7,10-11H,8-9H2,1-5H3. The second-order valence-corrected chi connectivity index (χ2v) is 5.52. The Balaban J connectivity index is 2.32.